The number of ether oxygens (including phenoxy) is 1. The molecule has 0 bridgehead atoms. The topological polar surface area (TPSA) is 96.7 Å². The molecule has 198 valence electrons. The Morgan fingerprint density at radius 1 is 1.11 bits per heavy atom. The van der Waals surface area contributed by atoms with Crippen molar-refractivity contribution < 1.29 is 18.7 Å². The van der Waals surface area contributed by atoms with Crippen LogP contribution >= 0.6 is 35.3 Å². The van der Waals surface area contributed by atoms with E-state index in [1.165, 1.54) is 29.1 Å². The Labute approximate surface area is 234 Å². The van der Waals surface area contributed by atoms with Crippen molar-refractivity contribution in [3.8, 4) is 0 Å². The lowest BCUT2D eigenvalue weighted by Crippen LogP contribution is -2.38. The zero-order valence-electron chi connectivity index (χ0n) is 20.7. The number of aryl methyl sites for hydroxylation is 2. The maximum absolute atomic E-state index is 13.2. The number of nitrogens with zero attached hydrogens (tertiary/aromatic N) is 2. The Hall–Kier alpha value is -2.99. The second-order valence-electron chi connectivity index (χ2n) is 8.87. The molecule has 3 heterocycles. The molecule has 1 aromatic carbocycles. The third-order valence-corrected chi connectivity index (χ3v) is 8.68. The molecule has 0 unspecified atom stereocenters. The van der Waals surface area contributed by atoms with Gasteiger partial charge in [-0.25, -0.2) is 4.98 Å². The van der Waals surface area contributed by atoms with Crippen LogP contribution in [-0.2, 0) is 28.9 Å². The van der Waals surface area contributed by atoms with Gasteiger partial charge in [0.05, 0.1) is 25.5 Å². The average Bonchev–Trinajstić information content (AvgIpc) is 3.58. The number of rotatable bonds is 7. The summed E-state index contributed by atoms with van der Waals surface area (Å²) < 4.78 is 12.0. The number of thiocarbonyl (C=S) groups is 1. The first kappa shape index (κ1) is 26.6. The summed E-state index contributed by atoms with van der Waals surface area (Å²) in [6.07, 6.45) is 5.91. The van der Waals surface area contributed by atoms with Gasteiger partial charge in [0.25, 0.3) is 11.8 Å². The summed E-state index contributed by atoms with van der Waals surface area (Å²) in [5.74, 6) is -0.372. The molecule has 1 aliphatic heterocycles. The van der Waals surface area contributed by atoms with E-state index < -0.39 is 5.91 Å². The summed E-state index contributed by atoms with van der Waals surface area (Å²) in [7, 11) is 0. The second kappa shape index (κ2) is 12.7. The van der Waals surface area contributed by atoms with Crippen molar-refractivity contribution in [2.24, 2.45) is 0 Å². The van der Waals surface area contributed by atoms with Crippen molar-refractivity contribution in [1.29, 1.82) is 0 Å². The predicted octanol–water partition coefficient (Wildman–Crippen LogP) is 4.41. The molecular weight excluding hydrogens is 541 g/mol. The van der Waals surface area contributed by atoms with E-state index in [4.69, 9.17) is 26.4 Å². The van der Waals surface area contributed by atoms with E-state index in [1.807, 2.05) is 6.07 Å². The van der Waals surface area contributed by atoms with Gasteiger partial charge in [0.2, 0.25) is 0 Å². The summed E-state index contributed by atoms with van der Waals surface area (Å²) >= 11 is 8.55. The normalized spacial score (nSPS) is 15.6. The first-order valence-electron chi connectivity index (χ1n) is 12.5. The molecule has 0 saturated carbocycles. The highest BCUT2D eigenvalue weighted by Gasteiger charge is 2.20. The summed E-state index contributed by atoms with van der Waals surface area (Å²) in [6.45, 7) is 3.09. The molecule has 0 radical (unpaired) electrons. The van der Waals surface area contributed by atoms with Crippen molar-refractivity contribution in [1.82, 2.24) is 20.5 Å². The summed E-state index contributed by atoms with van der Waals surface area (Å²) in [5.41, 5.74) is 1.68. The molecule has 1 saturated heterocycles. The van der Waals surface area contributed by atoms with Crippen LogP contribution < -0.4 is 10.6 Å². The average molecular weight is 569 g/mol. The Kier molecular flexibility index (Phi) is 8.90. The third kappa shape index (κ3) is 6.90. The molecule has 5 rings (SSSR count). The van der Waals surface area contributed by atoms with Crippen LogP contribution in [0.15, 0.2) is 57.7 Å². The van der Waals surface area contributed by atoms with Crippen molar-refractivity contribution in [3.05, 3.63) is 75.1 Å². The summed E-state index contributed by atoms with van der Waals surface area (Å²) in [5, 5.41) is 7.13. The lowest BCUT2D eigenvalue weighted by atomic mass is 10.0. The van der Waals surface area contributed by atoms with Crippen LogP contribution in [0, 0.1) is 0 Å². The molecule has 8 nitrogen and oxygen atoms in total. The summed E-state index contributed by atoms with van der Waals surface area (Å²) in [6, 6.07) is 12.3. The maximum Gasteiger partial charge on any atom is 0.268 e. The number of morpholine rings is 1. The van der Waals surface area contributed by atoms with E-state index in [0.717, 1.165) is 43.1 Å². The first-order chi connectivity index (χ1) is 18.5. The maximum atomic E-state index is 13.2. The third-order valence-electron chi connectivity index (χ3n) is 6.16. The van der Waals surface area contributed by atoms with E-state index in [2.05, 4.69) is 15.5 Å². The van der Waals surface area contributed by atoms with E-state index in [1.54, 1.807) is 47.7 Å². The highest BCUT2D eigenvalue weighted by Crippen LogP contribution is 2.27. The van der Waals surface area contributed by atoms with Crippen molar-refractivity contribution in [2.45, 2.75) is 37.3 Å². The number of furan rings is 1. The lowest BCUT2D eigenvalue weighted by molar-refractivity contribution is -0.117. The van der Waals surface area contributed by atoms with E-state index in [0.29, 0.717) is 40.5 Å². The quantitative estimate of drug-likeness (QED) is 0.246. The molecular formula is C27H28N4O4S3. The summed E-state index contributed by atoms with van der Waals surface area (Å²) in [4.78, 5) is 34.2. The molecule has 1 fully saturated rings. The number of aromatic nitrogens is 1. The fraction of sp³-hybridized carbons (Fsp3) is 0.333. The lowest BCUT2D eigenvalue weighted by Gasteiger charge is -2.28. The van der Waals surface area contributed by atoms with Gasteiger partial charge in [-0.05, 0) is 61.7 Å². The van der Waals surface area contributed by atoms with Crippen LogP contribution in [0.2, 0.25) is 0 Å². The first-order valence-corrected chi connectivity index (χ1v) is 14.6. The highest BCUT2D eigenvalue weighted by atomic mass is 32.2. The molecule has 0 atom stereocenters. The number of benzene rings is 1. The minimum atomic E-state index is -0.420. The highest BCUT2D eigenvalue weighted by molar-refractivity contribution is 8.22. The van der Waals surface area contributed by atoms with E-state index in [-0.39, 0.29) is 11.6 Å². The molecule has 38 heavy (non-hydrogen) atoms. The molecule has 2 N–H and O–H groups in total. The van der Waals surface area contributed by atoms with Gasteiger partial charge in [0.15, 0.2) is 5.09 Å². The number of hydrogen-bond acceptors (Lipinski definition) is 8. The minimum absolute atomic E-state index is 0.0850. The van der Waals surface area contributed by atoms with Crippen LogP contribution in [0.25, 0.3) is 6.08 Å². The molecule has 1 aliphatic carbocycles. The number of amides is 2. The van der Waals surface area contributed by atoms with Crippen LogP contribution in [0.4, 0.5) is 0 Å². The van der Waals surface area contributed by atoms with Gasteiger partial charge >= 0.3 is 0 Å². The van der Waals surface area contributed by atoms with Crippen LogP contribution in [0.5, 0.6) is 0 Å². The Morgan fingerprint density at radius 3 is 2.68 bits per heavy atom. The SMILES string of the molecule is O=C(NCc1nc2c(s1)CCCC2)/C(=C/c1ccc(SC(=S)N2CCOCC2)o1)NC(=O)c1ccccc1. The molecule has 11 heteroatoms. The van der Waals surface area contributed by atoms with Crippen molar-refractivity contribution >= 4 is 57.5 Å². The molecule has 0 spiro atoms. The van der Waals surface area contributed by atoms with Gasteiger partial charge in [-0.15, -0.1) is 11.3 Å². The number of fused-ring (bicyclic) bond motifs is 1. The van der Waals surface area contributed by atoms with Crippen LogP contribution in [-0.4, -0.2) is 52.3 Å². The van der Waals surface area contributed by atoms with Gasteiger partial charge in [0.1, 0.15) is 20.8 Å². The van der Waals surface area contributed by atoms with Crippen LogP contribution in [0.3, 0.4) is 0 Å². The number of thiazole rings is 1. The van der Waals surface area contributed by atoms with E-state index in [9.17, 15) is 9.59 Å². The van der Waals surface area contributed by atoms with Gasteiger partial charge in [-0.2, -0.15) is 0 Å². The standard InChI is InChI=1S/C27H28N4O4S3/c32-25(18-6-2-1-3-7-18)30-21(26(33)28-17-23-29-20-8-4-5-9-22(20)37-23)16-19-10-11-24(35-19)38-27(36)31-12-14-34-15-13-31/h1-3,6-7,10-11,16H,4-5,8-9,12-15,17H2,(H,28,33)(H,30,32)/b21-16-. The number of hydrogen-bond donors (Lipinski definition) is 2. The minimum Gasteiger partial charge on any atom is -0.450 e. The zero-order chi connectivity index (χ0) is 26.3. The predicted molar refractivity (Wildman–Crippen MR) is 152 cm³/mol. The Balaban J connectivity index is 1.29. The van der Waals surface area contributed by atoms with Crippen LogP contribution in [0.1, 0.15) is 44.5 Å². The molecule has 2 aliphatic rings. The van der Waals surface area contributed by atoms with Gasteiger partial charge in [-0.1, -0.05) is 30.4 Å². The Morgan fingerprint density at radius 2 is 1.89 bits per heavy atom. The molecule has 3 aromatic rings. The number of nitrogens with one attached hydrogen (secondary N) is 2. The largest absolute Gasteiger partial charge is 0.450 e. The zero-order valence-corrected chi connectivity index (χ0v) is 23.2. The molecule has 2 aromatic heterocycles. The van der Waals surface area contributed by atoms with Crippen molar-refractivity contribution in [3.63, 3.8) is 0 Å². The van der Waals surface area contributed by atoms with Gasteiger partial charge < -0.3 is 24.7 Å². The van der Waals surface area contributed by atoms with E-state index >= 15 is 0 Å². The fourth-order valence-corrected chi connectivity index (χ4v) is 6.46. The monoisotopic (exact) mass is 568 g/mol. The van der Waals surface area contributed by atoms with Gasteiger partial charge in [0, 0.05) is 29.6 Å². The molecule has 2 amide bonds. The second-order valence-corrected chi connectivity index (χ2v) is 11.7. The number of carbonyl (C=O) groups is 2. The number of thioether (sulfide) groups is 1. The van der Waals surface area contributed by atoms with Crippen molar-refractivity contribution in [2.75, 3.05) is 26.3 Å². The Bertz CT molecular complexity index is 1310. The number of carbonyl (C=O) groups excluding carboxylic acids is 2. The van der Waals surface area contributed by atoms with Gasteiger partial charge in [-0.3, -0.25) is 9.59 Å². The fourth-order valence-electron chi connectivity index (χ4n) is 4.18. The smallest absolute Gasteiger partial charge is 0.268 e.